The number of nitrogens with one attached hydrogen (secondary N) is 2. The molecule has 0 aliphatic carbocycles. The maximum absolute atomic E-state index is 13.0. The fraction of sp³-hybridized carbons (Fsp3) is 0.370. The van der Waals surface area contributed by atoms with E-state index in [9.17, 15) is 18.0 Å². The van der Waals surface area contributed by atoms with Gasteiger partial charge in [0.25, 0.3) is 0 Å². The molecule has 0 atom stereocenters. The van der Waals surface area contributed by atoms with Crippen molar-refractivity contribution in [1.82, 2.24) is 34.7 Å². The fourth-order valence-electron chi connectivity index (χ4n) is 4.32. The normalized spacial score (nSPS) is 14.9. The largest absolute Gasteiger partial charge is 0.451 e. The Bertz CT molecular complexity index is 1510. The molecule has 210 valence electrons. The second-order valence-corrected chi connectivity index (χ2v) is 10.5. The van der Waals surface area contributed by atoms with Crippen LogP contribution in [0.4, 0.5) is 29.7 Å². The van der Waals surface area contributed by atoms with Crippen LogP contribution >= 0.6 is 0 Å². The van der Waals surface area contributed by atoms with Crippen LogP contribution in [0.1, 0.15) is 32.2 Å². The number of fused-ring (bicyclic) bond motifs is 1. The van der Waals surface area contributed by atoms with Crippen molar-refractivity contribution < 1.29 is 22.7 Å². The van der Waals surface area contributed by atoms with Crippen molar-refractivity contribution in [3.8, 4) is 11.3 Å². The average Bonchev–Trinajstić information content (AvgIpc) is 3.29. The number of carbonyl (C=O) groups is 1. The van der Waals surface area contributed by atoms with Crippen LogP contribution in [0.15, 0.2) is 48.8 Å². The van der Waals surface area contributed by atoms with E-state index in [0.29, 0.717) is 48.0 Å². The lowest BCUT2D eigenvalue weighted by Crippen LogP contribution is -2.49. The number of nitrogens with zero attached hydrogens (tertiary/aromatic N) is 6. The Kier molecular flexibility index (Phi) is 7.32. The molecule has 1 aromatic carbocycles. The van der Waals surface area contributed by atoms with E-state index in [-0.39, 0.29) is 11.8 Å². The Labute approximate surface area is 228 Å². The number of aromatic amines is 1. The molecule has 0 radical (unpaired) electrons. The predicted octanol–water partition coefficient (Wildman–Crippen LogP) is 5.23. The van der Waals surface area contributed by atoms with E-state index in [1.807, 2.05) is 32.9 Å². The van der Waals surface area contributed by atoms with Gasteiger partial charge in [-0.25, -0.2) is 24.7 Å². The van der Waals surface area contributed by atoms with E-state index >= 15 is 0 Å². The maximum atomic E-state index is 13.0. The fourth-order valence-corrected chi connectivity index (χ4v) is 4.32. The van der Waals surface area contributed by atoms with Gasteiger partial charge in [0.05, 0.1) is 16.7 Å². The summed E-state index contributed by atoms with van der Waals surface area (Å²) in [7, 11) is 0. The molecule has 5 rings (SSSR count). The summed E-state index contributed by atoms with van der Waals surface area (Å²) in [6.07, 6.45) is -2.11. The topological polar surface area (TPSA) is 112 Å². The zero-order valence-corrected chi connectivity index (χ0v) is 22.3. The lowest BCUT2D eigenvalue weighted by Gasteiger charge is -2.35. The zero-order chi connectivity index (χ0) is 28.5. The standard InChI is InChI=1S/C27H29F3N8O2/c1-26(2,3)40-25(39)38-12-10-37(11-13-38)16-17-6-8-31-22(14-17)36-24-34-20-5-4-18(15-21(20)35-24)19-7-9-32-23(33-19)27(28,29)30/h4-9,14-15H,10-13,16H2,1-3H3,(H2,31,34,35,36). The molecule has 1 saturated heterocycles. The summed E-state index contributed by atoms with van der Waals surface area (Å²) in [6, 6.07) is 10.4. The van der Waals surface area contributed by atoms with E-state index in [0.717, 1.165) is 24.8 Å². The number of aromatic nitrogens is 5. The molecule has 1 fully saturated rings. The molecule has 0 spiro atoms. The molecule has 4 heterocycles. The number of benzene rings is 1. The van der Waals surface area contributed by atoms with Crippen LogP contribution in [0, 0.1) is 0 Å². The molecule has 3 aromatic heterocycles. The van der Waals surface area contributed by atoms with Gasteiger partial charge in [-0.05, 0) is 56.7 Å². The van der Waals surface area contributed by atoms with Gasteiger partial charge in [-0.3, -0.25) is 4.90 Å². The Hall–Kier alpha value is -4.26. The van der Waals surface area contributed by atoms with E-state index in [1.54, 1.807) is 29.3 Å². The molecule has 2 N–H and O–H groups in total. The van der Waals surface area contributed by atoms with Crippen LogP contribution in [-0.2, 0) is 17.5 Å². The number of imidazole rings is 1. The second kappa shape index (κ2) is 10.7. The summed E-state index contributed by atoms with van der Waals surface area (Å²) in [5.74, 6) is -0.149. The summed E-state index contributed by atoms with van der Waals surface area (Å²) < 4.78 is 44.5. The molecule has 1 amide bonds. The first-order valence-corrected chi connectivity index (χ1v) is 12.8. The number of piperazine rings is 1. The lowest BCUT2D eigenvalue weighted by atomic mass is 10.1. The Morgan fingerprint density at radius 1 is 1.00 bits per heavy atom. The first-order valence-electron chi connectivity index (χ1n) is 12.8. The highest BCUT2D eigenvalue weighted by atomic mass is 19.4. The summed E-state index contributed by atoms with van der Waals surface area (Å²) in [4.78, 5) is 35.3. The molecule has 0 saturated carbocycles. The number of hydrogen-bond acceptors (Lipinski definition) is 8. The number of pyridine rings is 1. The molecular formula is C27H29F3N8O2. The summed E-state index contributed by atoms with van der Waals surface area (Å²) in [5, 5.41) is 3.16. The zero-order valence-electron chi connectivity index (χ0n) is 22.3. The summed E-state index contributed by atoms with van der Waals surface area (Å²) in [5.41, 5.74) is 2.46. The number of alkyl halides is 3. The van der Waals surface area contributed by atoms with Crippen molar-refractivity contribution in [1.29, 1.82) is 0 Å². The molecule has 1 aliphatic heterocycles. The number of carbonyl (C=O) groups excluding carboxylic acids is 1. The third kappa shape index (κ3) is 6.65. The van der Waals surface area contributed by atoms with Crippen molar-refractivity contribution >= 4 is 28.9 Å². The second-order valence-electron chi connectivity index (χ2n) is 10.5. The lowest BCUT2D eigenvalue weighted by molar-refractivity contribution is -0.144. The van der Waals surface area contributed by atoms with Crippen LogP contribution in [0.5, 0.6) is 0 Å². The van der Waals surface area contributed by atoms with Gasteiger partial charge in [-0.1, -0.05) is 6.07 Å². The van der Waals surface area contributed by atoms with Crippen molar-refractivity contribution in [3.63, 3.8) is 0 Å². The molecule has 10 nitrogen and oxygen atoms in total. The highest BCUT2D eigenvalue weighted by molar-refractivity contribution is 5.83. The van der Waals surface area contributed by atoms with E-state index in [4.69, 9.17) is 4.74 Å². The first kappa shape index (κ1) is 27.3. The molecule has 0 unspecified atom stereocenters. The number of H-pyrrole nitrogens is 1. The molecule has 40 heavy (non-hydrogen) atoms. The van der Waals surface area contributed by atoms with E-state index < -0.39 is 17.6 Å². The molecule has 13 heteroatoms. The molecular weight excluding hydrogens is 525 g/mol. The molecule has 0 bridgehead atoms. The van der Waals surface area contributed by atoms with E-state index in [1.165, 1.54) is 6.07 Å². The number of ether oxygens (including phenoxy) is 1. The monoisotopic (exact) mass is 554 g/mol. The van der Waals surface area contributed by atoms with Gasteiger partial charge in [0.1, 0.15) is 11.4 Å². The molecule has 1 aliphatic rings. The summed E-state index contributed by atoms with van der Waals surface area (Å²) in [6.45, 7) is 8.91. The number of hydrogen-bond donors (Lipinski definition) is 2. The van der Waals surface area contributed by atoms with Gasteiger partial charge >= 0.3 is 12.3 Å². The summed E-state index contributed by atoms with van der Waals surface area (Å²) >= 11 is 0. The SMILES string of the molecule is CC(C)(C)OC(=O)N1CCN(Cc2ccnc(Nc3nc4ccc(-c5ccnc(C(F)(F)F)n5)cc4[nH]3)c2)CC1. The number of halogens is 3. The number of rotatable bonds is 5. The Morgan fingerprint density at radius 3 is 2.48 bits per heavy atom. The van der Waals surface area contributed by atoms with Crippen molar-refractivity contribution in [3.05, 3.63) is 60.2 Å². The first-order chi connectivity index (χ1) is 18.9. The van der Waals surface area contributed by atoms with Crippen LogP contribution in [-0.4, -0.2) is 72.6 Å². The number of anilines is 2. The van der Waals surface area contributed by atoms with E-state index in [2.05, 4.69) is 35.1 Å². The van der Waals surface area contributed by atoms with Gasteiger partial charge in [0.15, 0.2) is 0 Å². The Balaban J connectivity index is 1.23. The average molecular weight is 555 g/mol. The smallest absolute Gasteiger partial charge is 0.444 e. The van der Waals surface area contributed by atoms with Crippen LogP contribution in [0.25, 0.3) is 22.3 Å². The number of amides is 1. The van der Waals surface area contributed by atoms with Gasteiger partial charge in [0.2, 0.25) is 11.8 Å². The third-order valence-corrected chi connectivity index (χ3v) is 6.19. The van der Waals surface area contributed by atoms with Crippen molar-refractivity contribution in [2.24, 2.45) is 0 Å². The van der Waals surface area contributed by atoms with Crippen molar-refractivity contribution in [2.75, 3.05) is 31.5 Å². The molecule has 4 aromatic rings. The third-order valence-electron chi connectivity index (χ3n) is 6.19. The van der Waals surface area contributed by atoms with Gasteiger partial charge in [-0.2, -0.15) is 13.2 Å². The van der Waals surface area contributed by atoms with Crippen LogP contribution in [0.2, 0.25) is 0 Å². The highest BCUT2D eigenvalue weighted by Crippen LogP contribution is 2.29. The minimum Gasteiger partial charge on any atom is -0.444 e. The Morgan fingerprint density at radius 2 is 1.75 bits per heavy atom. The van der Waals surface area contributed by atoms with Crippen LogP contribution < -0.4 is 5.32 Å². The van der Waals surface area contributed by atoms with Gasteiger partial charge in [-0.15, -0.1) is 0 Å². The van der Waals surface area contributed by atoms with Crippen LogP contribution in [0.3, 0.4) is 0 Å². The predicted molar refractivity (Wildman–Crippen MR) is 143 cm³/mol. The quantitative estimate of drug-likeness (QED) is 0.345. The minimum atomic E-state index is -4.62. The maximum Gasteiger partial charge on any atom is 0.451 e. The van der Waals surface area contributed by atoms with Gasteiger partial charge in [0, 0.05) is 50.7 Å². The minimum absolute atomic E-state index is 0.162. The van der Waals surface area contributed by atoms with Gasteiger partial charge < -0.3 is 19.9 Å². The highest BCUT2D eigenvalue weighted by Gasteiger charge is 2.34. The van der Waals surface area contributed by atoms with Crippen molar-refractivity contribution in [2.45, 2.75) is 39.1 Å².